The fraction of sp³-hybridized carbons (Fsp3) is 0.0476. The van der Waals surface area contributed by atoms with Crippen molar-refractivity contribution in [3.05, 3.63) is 85.6 Å². The van der Waals surface area contributed by atoms with Gasteiger partial charge in [0.2, 0.25) is 0 Å². The first-order chi connectivity index (χ1) is 14.3. The molecule has 0 aliphatic rings. The van der Waals surface area contributed by atoms with Crippen LogP contribution in [0.5, 0.6) is 0 Å². The van der Waals surface area contributed by atoms with Crippen LogP contribution in [0.25, 0.3) is 17.4 Å². The van der Waals surface area contributed by atoms with E-state index in [0.717, 1.165) is 0 Å². The zero-order chi connectivity index (χ0) is 21.8. The van der Waals surface area contributed by atoms with Gasteiger partial charge in [0.25, 0.3) is 11.6 Å². The lowest BCUT2D eigenvalue weighted by molar-refractivity contribution is -0.384. The molecule has 150 valence electrons. The molecule has 9 heteroatoms. The van der Waals surface area contributed by atoms with Crippen LogP contribution < -0.4 is 5.32 Å². The lowest BCUT2D eigenvalue weighted by atomic mass is 10.1. The summed E-state index contributed by atoms with van der Waals surface area (Å²) in [6.07, 6.45) is 1.30. The van der Waals surface area contributed by atoms with Crippen molar-refractivity contribution in [2.24, 2.45) is 0 Å². The lowest BCUT2D eigenvalue weighted by Gasteiger charge is -2.07. The predicted octanol–water partition coefficient (Wildman–Crippen LogP) is 6.02. The van der Waals surface area contributed by atoms with E-state index in [1.54, 1.807) is 37.3 Å². The number of nitrogens with one attached hydrogen (secondary N) is 1. The average Bonchev–Trinajstić information content (AvgIpc) is 3.18. The molecule has 1 N–H and O–H groups in total. The molecule has 2 aromatic carbocycles. The molecule has 0 saturated heterocycles. The van der Waals surface area contributed by atoms with Gasteiger partial charge < -0.3 is 9.73 Å². The van der Waals surface area contributed by atoms with Crippen molar-refractivity contribution >= 4 is 46.6 Å². The maximum atomic E-state index is 12.5. The van der Waals surface area contributed by atoms with Crippen LogP contribution in [0.1, 0.15) is 11.3 Å². The predicted molar refractivity (Wildman–Crippen MR) is 114 cm³/mol. The van der Waals surface area contributed by atoms with Crippen molar-refractivity contribution in [2.75, 3.05) is 5.32 Å². The molecule has 3 aromatic rings. The summed E-state index contributed by atoms with van der Waals surface area (Å²) in [5.74, 6) is 0.119. The van der Waals surface area contributed by atoms with Crippen molar-refractivity contribution in [2.45, 2.75) is 6.92 Å². The van der Waals surface area contributed by atoms with E-state index in [0.29, 0.717) is 38.4 Å². The molecule has 0 spiro atoms. The highest BCUT2D eigenvalue weighted by atomic mass is 35.5. The number of anilines is 1. The molecule has 0 bridgehead atoms. The second-order valence-electron chi connectivity index (χ2n) is 6.21. The number of nitrogens with zero attached hydrogens (tertiary/aromatic N) is 2. The van der Waals surface area contributed by atoms with Gasteiger partial charge >= 0.3 is 0 Å². The Labute approximate surface area is 181 Å². The number of carbonyl (C=O) groups is 1. The monoisotopic (exact) mass is 441 g/mol. The quantitative estimate of drug-likeness (QED) is 0.225. The van der Waals surface area contributed by atoms with Gasteiger partial charge in [0.15, 0.2) is 0 Å². The first-order valence-corrected chi connectivity index (χ1v) is 9.27. The van der Waals surface area contributed by atoms with E-state index in [1.165, 1.54) is 24.3 Å². The molecule has 0 aliphatic carbocycles. The van der Waals surface area contributed by atoms with Crippen LogP contribution >= 0.6 is 23.2 Å². The number of nitro benzene ring substituents is 1. The summed E-state index contributed by atoms with van der Waals surface area (Å²) in [5.41, 5.74) is 1.26. The molecular formula is C21H13Cl2N3O4. The van der Waals surface area contributed by atoms with Gasteiger partial charge in [0.05, 0.1) is 15.0 Å². The summed E-state index contributed by atoms with van der Waals surface area (Å²) in [4.78, 5) is 22.8. The zero-order valence-corrected chi connectivity index (χ0v) is 17.0. The van der Waals surface area contributed by atoms with Gasteiger partial charge in [-0.3, -0.25) is 14.9 Å². The molecule has 0 atom stereocenters. The largest absolute Gasteiger partial charge is 0.457 e. The first kappa shape index (κ1) is 21.1. The minimum atomic E-state index is -0.665. The second kappa shape index (κ2) is 8.82. The average molecular weight is 442 g/mol. The zero-order valence-electron chi connectivity index (χ0n) is 15.5. The van der Waals surface area contributed by atoms with Gasteiger partial charge in [0.1, 0.15) is 23.2 Å². The number of rotatable bonds is 5. The van der Waals surface area contributed by atoms with Crippen LogP contribution in [-0.4, -0.2) is 10.8 Å². The van der Waals surface area contributed by atoms with Gasteiger partial charge in [-0.15, -0.1) is 0 Å². The van der Waals surface area contributed by atoms with Crippen molar-refractivity contribution in [1.82, 2.24) is 0 Å². The molecule has 0 saturated carbocycles. The summed E-state index contributed by atoms with van der Waals surface area (Å²) in [6.45, 7) is 1.62. The summed E-state index contributed by atoms with van der Waals surface area (Å²) < 4.78 is 5.68. The lowest BCUT2D eigenvalue weighted by Crippen LogP contribution is -2.14. The summed E-state index contributed by atoms with van der Waals surface area (Å²) in [7, 11) is 0. The number of halogens is 2. The number of hydrogen-bond donors (Lipinski definition) is 1. The number of carbonyl (C=O) groups excluding carboxylic acids is 1. The molecule has 0 fully saturated rings. The Bertz CT molecular complexity index is 1230. The Hall–Kier alpha value is -3.60. The van der Waals surface area contributed by atoms with E-state index in [9.17, 15) is 20.2 Å². The number of benzene rings is 2. The standard InChI is InChI=1S/C21H13Cl2N3O4/c1-12-8-15(26(28)29)3-6-19(12)25-21(27)14(11-24)9-16-4-7-20(30-16)13-2-5-17(22)18(23)10-13/h2-10H,1H3,(H,25,27). The molecule has 30 heavy (non-hydrogen) atoms. The summed E-state index contributed by atoms with van der Waals surface area (Å²) >= 11 is 11.9. The number of non-ortho nitro benzene ring substituents is 1. The number of furan rings is 1. The molecule has 1 aromatic heterocycles. The third-order valence-corrected chi connectivity index (χ3v) is 4.89. The molecule has 0 aliphatic heterocycles. The van der Waals surface area contributed by atoms with Gasteiger partial charge in [-0.05, 0) is 48.9 Å². The van der Waals surface area contributed by atoms with E-state index in [1.807, 2.05) is 6.07 Å². The van der Waals surface area contributed by atoms with Gasteiger partial charge in [-0.2, -0.15) is 5.26 Å². The fourth-order valence-corrected chi connectivity index (χ4v) is 2.92. The van der Waals surface area contributed by atoms with Crippen molar-refractivity contribution in [1.29, 1.82) is 5.26 Å². The second-order valence-corrected chi connectivity index (χ2v) is 7.03. The third-order valence-electron chi connectivity index (χ3n) is 4.15. The highest BCUT2D eigenvalue weighted by Gasteiger charge is 2.15. The van der Waals surface area contributed by atoms with E-state index in [-0.39, 0.29) is 11.3 Å². The Morgan fingerprint density at radius 3 is 2.57 bits per heavy atom. The van der Waals surface area contributed by atoms with E-state index < -0.39 is 10.8 Å². The van der Waals surface area contributed by atoms with Gasteiger partial charge in [-0.25, -0.2) is 0 Å². The Kier molecular flexibility index (Phi) is 6.21. The smallest absolute Gasteiger partial charge is 0.269 e. The molecule has 0 unspecified atom stereocenters. The van der Waals surface area contributed by atoms with E-state index >= 15 is 0 Å². The fourth-order valence-electron chi connectivity index (χ4n) is 2.62. The number of amides is 1. The van der Waals surface area contributed by atoms with Crippen LogP contribution in [0, 0.1) is 28.4 Å². The van der Waals surface area contributed by atoms with Crippen LogP contribution in [0.2, 0.25) is 10.0 Å². The minimum absolute atomic E-state index is 0.0908. The molecular weight excluding hydrogens is 429 g/mol. The molecule has 1 amide bonds. The summed E-state index contributed by atoms with van der Waals surface area (Å²) in [5, 5.41) is 23.6. The van der Waals surface area contributed by atoms with Crippen molar-refractivity contribution in [3.8, 4) is 17.4 Å². The normalized spacial score (nSPS) is 11.1. The molecule has 0 radical (unpaired) electrons. The number of hydrogen-bond acceptors (Lipinski definition) is 5. The Morgan fingerprint density at radius 1 is 1.17 bits per heavy atom. The van der Waals surface area contributed by atoms with Crippen molar-refractivity contribution < 1.29 is 14.1 Å². The Balaban J connectivity index is 1.81. The Morgan fingerprint density at radius 2 is 1.93 bits per heavy atom. The van der Waals surface area contributed by atoms with Crippen LogP contribution in [0.4, 0.5) is 11.4 Å². The maximum absolute atomic E-state index is 12.5. The number of aryl methyl sites for hydroxylation is 1. The molecule has 7 nitrogen and oxygen atoms in total. The van der Waals surface area contributed by atoms with Gasteiger partial charge in [-0.1, -0.05) is 23.2 Å². The number of nitro groups is 1. The van der Waals surface area contributed by atoms with Crippen molar-refractivity contribution in [3.63, 3.8) is 0 Å². The van der Waals surface area contributed by atoms with Crippen LogP contribution in [-0.2, 0) is 4.79 Å². The number of nitriles is 1. The first-order valence-electron chi connectivity index (χ1n) is 8.52. The molecule has 1 heterocycles. The van der Waals surface area contributed by atoms with Gasteiger partial charge in [0, 0.05) is 29.5 Å². The highest BCUT2D eigenvalue weighted by Crippen LogP contribution is 2.30. The third kappa shape index (κ3) is 4.69. The SMILES string of the molecule is Cc1cc([N+](=O)[O-])ccc1NC(=O)C(C#N)=Cc1ccc(-c2ccc(Cl)c(Cl)c2)o1. The van der Waals surface area contributed by atoms with E-state index in [2.05, 4.69) is 5.32 Å². The topological polar surface area (TPSA) is 109 Å². The summed E-state index contributed by atoms with van der Waals surface area (Å²) in [6, 6.07) is 14.2. The minimum Gasteiger partial charge on any atom is -0.457 e. The van der Waals surface area contributed by atoms with Crippen LogP contribution in [0.15, 0.2) is 58.5 Å². The molecule has 3 rings (SSSR count). The maximum Gasteiger partial charge on any atom is 0.269 e. The highest BCUT2D eigenvalue weighted by molar-refractivity contribution is 6.42. The van der Waals surface area contributed by atoms with Crippen LogP contribution in [0.3, 0.4) is 0 Å². The van der Waals surface area contributed by atoms with E-state index in [4.69, 9.17) is 27.6 Å².